The highest BCUT2D eigenvalue weighted by Gasteiger charge is 2.27. The first-order chi connectivity index (χ1) is 7.74. The van der Waals surface area contributed by atoms with Crippen LogP contribution in [0.5, 0.6) is 0 Å². The molecule has 0 heterocycles. The summed E-state index contributed by atoms with van der Waals surface area (Å²) in [6.07, 6.45) is 0. The Morgan fingerprint density at radius 2 is 2.12 bits per heavy atom. The summed E-state index contributed by atoms with van der Waals surface area (Å²) in [5, 5.41) is 6.98. The second-order valence-electron chi connectivity index (χ2n) is 3.26. The third kappa shape index (κ3) is 3.40. The van der Waals surface area contributed by atoms with Crippen molar-refractivity contribution in [3.63, 3.8) is 0 Å². The standard InChI is InChI=1S/C9H9BrFNO4S/c1-5(9(13)14)17(15,16)12-6-2-3-7(10)8(11)4-6/h2-5,12H,1H3,(H,13,14). The lowest BCUT2D eigenvalue weighted by Gasteiger charge is -2.11. The van der Waals surface area contributed by atoms with Gasteiger partial charge in [0.15, 0.2) is 5.25 Å². The molecule has 5 nitrogen and oxygen atoms in total. The molecule has 1 rings (SSSR count). The minimum atomic E-state index is -4.07. The van der Waals surface area contributed by atoms with Crippen LogP contribution in [0.2, 0.25) is 0 Å². The number of hydrogen-bond donors (Lipinski definition) is 2. The maximum absolute atomic E-state index is 13.1. The molecule has 0 bridgehead atoms. The number of rotatable bonds is 4. The van der Waals surface area contributed by atoms with Crippen LogP contribution < -0.4 is 4.72 Å². The van der Waals surface area contributed by atoms with E-state index >= 15 is 0 Å². The number of anilines is 1. The van der Waals surface area contributed by atoms with Gasteiger partial charge in [0.05, 0.1) is 10.2 Å². The van der Waals surface area contributed by atoms with E-state index in [1.807, 2.05) is 4.72 Å². The second-order valence-corrected chi connectivity index (χ2v) is 6.11. The zero-order valence-electron chi connectivity index (χ0n) is 8.65. The Kier molecular flexibility index (Phi) is 4.10. The average Bonchev–Trinajstić information content (AvgIpc) is 2.22. The Hall–Kier alpha value is -1.15. The molecular formula is C9H9BrFNO4S. The molecule has 0 aliphatic carbocycles. The molecule has 1 aromatic rings. The van der Waals surface area contributed by atoms with E-state index in [4.69, 9.17) is 5.11 Å². The van der Waals surface area contributed by atoms with E-state index in [1.165, 1.54) is 12.1 Å². The van der Waals surface area contributed by atoms with E-state index in [0.29, 0.717) is 0 Å². The summed E-state index contributed by atoms with van der Waals surface area (Å²) in [6.45, 7) is 1.03. The SMILES string of the molecule is CC(C(=O)O)S(=O)(=O)Nc1ccc(Br)c(F)c1. The minimum Gasteiger partial charge on any atom is -0.480 e. The summed E-state index contributed by atoms with van der Waals surface area (Å²) < 4.78 is 38.3. The van der Waals surface area contributed by atoms with Crippen LogP contribution in [0.15, 0.2) is 22.7 Å². The van der Waals surface area contributed by atoms with Gasteiger partial charge in [-0.1, -0.05) is 0 Å². The lowest BCUT2D eigenvalue weighted by atomic mass is 10.3. The molecule has 94 valence electrons. The molecule has 0 saturated heterocycles. The van der Waals surface area contributed by atoms with E-state index in [1.54, 1.807) is 0 Å². The van der Waals surface area contributed by atoms with Crippen molar-refractivity contribution >= 4 is 37.6 Å². The lowest BCUT2D eigenvalue weighted by Crippen LogP contribution is -2.32. The molecule has 17 heavy (non-hydrogen) atoms. The highest BCUT2D eigenvalue weighted by molar-refractivity contribution is 9.10. The van der Waals surface area contributed by atoms with Crippen molar-refractivity contribution in [1.29, 1.82) is 0 Å². The molecule has 0 aliphatic rings. The topological polar surface area (TPSA) is 83.5 Å². The number of hydrogen-bond acceptors (Lipinski definition) is 3. The van der Waals surface area contributed by atoms with Gasteiger partial charge in [-0.3, -0.25) is 9.52 Å². The van der Waals surface area contributed by atoms with E-state index in [0.717, 1.165) is 13.0 Å². The van der Waals surface area contributed by atoms with Gasteiger partial charge in [-0.25, -0.2) is 12.8 Å². The van der Waals surface area contributed by atoms with Crippen molar-refractivity contribution in [2.75, 3.05) is 4.72 Å². The first-order valence-electron chi connectivity index (χ1n) is 4.43. The van der Waals surface area contributed by atoms with Gasteiger partial charge in [-0.15, -0.1) is 0 Å². The predicted octanol–water partition coefficient (Wildman–Crippen LogP) is 1.80. The Balaban J connectivity index is 2.98. The molecule has 8 heteroatoms. The van der Waals surface area contributed by atoms with Crippen molar-refractivity contribution in [3.8, 4) is 0 Å². The normalized spacial score (nSPS) is 13.1. The summed E-state index contributed by atoms with van der Waals surface area (Å²) in [4.78, 5) is 10.6. The van der Waals surface area contributed by atoms with Gasteiger partial charge in [0.1, 0.15) is 5.82 Å². The summed E-state index contributed by atoms with van der Waals surface area (Å²) in [7, 11) is -4.07. The first-order valence-corrected chi connectivity index (χ1v) is 6.77. The molecule has 0 aliphatic heterocycles. The van der Waals surface area contributed by atoms with Gasteiger partial charge in [0.25, 0.3) is 0 Å². The van der Waals surface area contributed by atoms with Crippen molar-refractivity contribution < 1.29 is 22.7 Å². The first kappa shape index (κ1) is 13.9. The molecule has 1 aromatic carbocycles. The van der Waals surface area contributed by atoms with Crippen LogP contribution in [0.25, 0.3) is 0 Å². The highest BCUT2D eigenvalue weighted by atomic mass is 79.9. The van der Waals surface area contributed by atoms with Crippen LogP contribution in [0.3, 0.4) is 0 Å². The third-order valence-corrected chi connectivity index (χ3v) is 4.29. The zero-order valence-corrected chi connectivity index (χ0v) is 11.0. The molecular weight excluding hydrogens is 317 g/mol. The van der Waals surface area contributed by atoms with Gasteiger partial charge in [-0.2, -0.15) is 0 Å². The van der Waals surface area contributed by atoms with E-state index in [2.05, 4.69) is 15.9 Å². The van der Waals surface area contributed by atoms with Crippen LogP contribution >= 0.6 is 15.9 Å². The average molecular weight is 326 g/mol. The lowest BCUT2D eigenvalue weighted by molar-refractivity contribution is -0.136. The predicted molar refractivity (Wildman–Crippen MR) is 63.7 cm³/mol. The van der Waals surface area contributed by atoms with E-state index in [-0.39, 0.29) is 10.2 Å². The quantitative estimate of drug-likeness (QED) is 0.884. The zero-order chi connectivity index (χ0) is 13.2. The van der Waals surface area contributed by atoms with Gasteiger partial charge in [-0.05, 0) is 41.1 Å². The number of nitrogens with one attached hydrogen (secondary N) is 1. The monoisotopic (exact) mass is 325 g/mol. The van der Waals surface area contributed by atoms with Crippen LogP contribution in [0, 0.1) is 5.82 Å². The number of carboxylic acids is 1. The minimum absolute atomic E-state index is 0.0289. The largest absolute Gasteiger partial charge is 0.480 e. The molecule has 1 unspecified atom stereocenters. The highest BCUT2D eigenvalue weighted by Crippen LogP contribution is 2.20. The fourth-order valence-corrected chi connectivity index (χ4v) is 2.09. The van der Waals surface area contributed by atoms with Crippen molar-refractivity contribution in [1.82, 2.24) is 0 Å². The van der Waals surface area contributed by atoms with Gasteiger partial charge in [0, 0.05) is 0 Å². The van der Waals surface area contributed by atoms with Crippen LogP contribution in [-0.4, -0.2) is 24.7 Å². The van der Waals surface area contributed by atoms with Crippen molar-refractivity contribution in [2.24, 2.45) is 0 Å². The molecule has 0 fully saturated rings. The van der Waals surface area contributed by atoms with Crippen LogP contribution in [-0.2, 0) is 14.8 Å². The molecule has 0 amide bonds. The van der Waals surface area contributed by atoms with E-state index < -0.39 is 27.1 Å². The molecule has 0 aromatic heterocycles. The van der Waals surface area contributed by atoms with E-state index in [9.17, 15) is 17.6 Å². The summed E-state index contributed by atoms with van der Waals surface area (Å²) in [6, 6.07) is 3.59. The Bertz CT molecular complexity index is 546. The van der Waals surface area contributed by atoms with Gasteiger partial charge in [0.2, 0.25) is 10.0 Å². The molecule has 0 spiro atoms. The summed E-state index contributed by atoms with van der Waals surface area (Å²) in [5.74, 6) is -2.12. The maximum Gasteiger partial charge on any atom is 0.323 e. The second kappa shape index (κ2) is 5.01. The van der Waals surface area contributed by atoms with Crippen molar-refractivity contribution in [2.45, 2.75) is 12.2 Å². The number of carboxylic acid groups (broad SMARTS) is 1. The van der Waals surface area contributed by atoms with Gasteiger partial charge < -0.3 is 5.11 Å². The Labute approximate surface area is 106 Å². The number of aliphatic carboxylic acids is 1. The summed E-state index contributed by atoms with van der Waals surface area (Å²) in [5.41, 5.74) is -0.0289. The Morgan fingerprint density at radius 1 is 1.53 bits per heavy atom. The number of halogens is 2. The maximum atomic E-state index is 13.1. The molecule has 0 saturated carbocycles. The Morgan fingerprint density at radius 3 is 2.59 bits per heavy atom. The number of benzene rings is 1. The smallest absolute Gasteiger partial charge is 0.323 e. The molecule has 2 N–H and O–H groups in total. The fraction of sp³-hybridized carbons (Fsp3) is 0.222. The van der Waals surface area contributed by atoms with Crippen molar-refractivity contribution in [3.05, 3.63) is 28.5 Å². The van der Waals surface area contributed by atoms with Crippen LogP contribution in [0.4, 0.5) is 10.1 Å². The number of carbonyl (C=O) groups is 1. The molecule has 0 radical (unpaired) electrons. The molecule has 1 atom stereocenters. The van der Waals surface area contributed by atoms with Crippen LogP contribution in [0.1, 0.15) is 6.92 Å². The summed E-state index contributed by atoms with van der Waals surface area (Å²) >= 11 is 2.91. The number of sulfonamides is 1. The third-order valence-electron chi connectivity index (χ3n) is 1.99. The van der Waals surface area contributed by atoms with Gasteiger partial charge >= 0.3 is 5.97 Å². The fourth-order valence-electron chi connectivity index (χ4n) is 0.945.